The van der Waals surface area contributed by atoms with E-state index in [-0.39, 0.29) is 18.1 Å². The molecule has 1 N–H and O–H groups in total. The molecule has 2 nitrogen and oxygen atoms in total. The number of aryl methyl sites for hydroxylation is 1. The first kappa shape index (κ1) is 13.7. The van der Waals surface area contributed by atoms with E-state index in [2.05, 4.69) is 21.2 Å². The molecule has 0 saturated carbocycles. The lowest BCUT2D eigenvalue weighted by Crippen LogP contribution is -2.15. The van der Waals surface area contributed by atoms with Gasteiger partial charge in [-0.3, -0.25) is 4.79 Å². The lowest BCUT2D eigenvalue weighted by molar-refractivity contribution is -0.115. The van der Waals surface area contributed by atoms with Crippen LogP contribution < -0.4 is 5.32 Å². The third-order valence-corrected chi connectivity index (χ3v) is 3.40. The summed E-state index contributed by atoms with van der Waals surface area (Å²) in [6.07, 6.45) is 0.0209. The van der Waals surface area contributed by atoms with Gasteiger partial charge in [-0.15, -0.1) is 0 Å². The van der Waals surface area contributed by atoms with Crippen molar-refractivity contribution >= 4 is 27.5 Å². The lowest BCUT2D eigenvalue weighted by Gasteiger charge is -2.08. The van der Waals surface area contributed by atoms with Gasteiger partial charge in [-0.2, -0.15) is 0 Å². The first-order chi connectivity index (χ1) is 9.06. The van der Waals surface area contributed by atoms with Crippen LogP contribution in [0.3, 0.4) is 0 Å². The molecule has 0 unspecified atom stereocenters. The highest BCUT2D eigenvalue weighted by Crippen LogP contribution is 2.23. The maximum absolute atomic E-state index is 13.4. The third-order valence-electron chi connectivity index (χ3n) is 2.70. The second-order valence-electron chi connectivity index (χ2n) is 4.30. The van der Waals surface area contributed by atoms with Gasteiger partial charge in [0.25, 0.3) is 0 Å². The van der Waals surface area contributed by atoms with E-state index in [1.807, 2.05) is 25.1 Å². The normalized spacial score (nSPS) is 10.3. The van der Waals surface area contributed by atoms with Crippen molar-refractivity contribution in [3.8, 4) is 0 Å². The average Bonchev–Trinajstić information content (AvgIpc) is 2.37. The standard InChI is InChI=1S/C15H13BrFNO/c1-10-6-7-12(16)14(8-10)18-15(19)9-11-4-2-3-5-13(11)17/h2-8H,9H2,1H3,(H,18,19). The molecule has 0 bridgehead atoms. The number of hydrogen-bond acceptors (Lipinski definition) is 1. The summed E-state index contributed by atoms with van der Waals surface area (Å²) in [4.78, 5) is 11.9. The van der Waals surface area contributed by atoms with Gasteiger partial charge in [-0.25, -0.2) is 4.39 Å². The van der Waals surface area contributed by atoms with Gasteiger partial charge in [-0.1, -0.05) is 24.3 Å². The van der Waals surface area contributed by atoms with E-state index in [4.69, 9.17) is 0 Å². The Labute approximate surface area is 119 Å². The Hall–Kier alpha value is -1.68. The molecule has 0 aliphatic heterocycles. The molecule has 0 heterocycles. The van der Waals surface area contributed by atoms with Crippen LogP contribution in [-0.2, 0) is 11.2 Å². The average molecular weight is 322 g/mol. The van der Waals surface area contributed by atoms with Crippen molar-refractivity contribution < 1.29 is 9.18 Å². The molecule has 0 aliphatic carbocycles. The third kappa shape index (κ3) is 3.64. The summed E-state index contributed by atoms with van der Waals surface area (Å²) in [6.45, 7) is 1.94. The molecule has 0 aromatic heterocycles. The molecule has 2 aromatic rings. The zero-order chi connectivity index (χ0) is 13.8. The van der Waals surface area contributed by atoms with Crippen LogP contribution in [0.5, 0.6) is 0 Å². The molecule has 2 aromatic carbocycles. The van der Waals surface area contributed by atoms with Crippen molar-refractivity contribution in [2.24, 2.45) is 0 Å². The fourth-order valence-electron chi connectivity index (χ4n) is 1.74. The van der Waals surface area contributed by atoms with E-state index in [9.17, 15) is 9.18 Å². The van der Waals surface area contributed by atoms with Gasteiger partial charge in [0.05, 0.1) is 12.1 Å². The number of carbonyl (C=O) groups excluding carboxylic acids is 1. The van der Waals surface area contributed by atoms with E-state index >= 15 is 0 Å². The minimum atomic E-state index is -0.360. The molecule has 0 saturated heterocycles. The molecular weight excluding hydrogens is 309 g/mol. The number of benzene rings is 2. The number of hydrogen-bond donors (Lipinski definition) is 1. The Morgan fingerprint density at radius 1 is 1.26 bits per heavy atom. The highest BCUT2D eigenvalue weighted by atomic mass is 79.9. The predicted molar refractivity (Wildman–Crippen MR) is 77.6 cm³/mol. The summed E-state index contributed by atoms with van der Waals surface area (Å²) in [7, 11) is 0. The Balaban J connectivity index is 2.10. The van der Waals surface area contributed by atoms with E-state index in [0.29, 0.717) is 11.3 Å². The number of amides is 1. The first-order valence-electron chi connectivity index (χ1n) is 5.85. The molecule has 0 spiro atoms. The van der Waals surface area contributed by atoms with Gasteiger partial charge in [0.2, 0.25) is 5.91 Å². The topological polar surface area (TPSA) is 29.1 Å². The molecule has 19 heavy (non-hydrogen) atoms. The summed E-state index contributed by atoms with van der Waals surface area (Å²) in [6, 6.07) is 12.0. The van der Waals surface area contributed by atoms with Crippen molar-refractivity contribution in [3.63, 3.8) is 0 Å². The van der Waals surface area contributed by atoms with Crippen LogP contribution in [0.15, 0.2) is 46.9 Å². The van der Waals surface area contributed by atoms with Gasteiger partial charge in [0, 0.05) is 4.47 Å². The largest absolute Gasteiger partial charge is 0.325 e. The maximum Gasteiger partial charge on any atom is 0.228 e. The monoisotopic (exact) mass is 321 g/mol. The smallest absolute Gasteiger partial charge is 0.228 e. The molecule has 2 rings (SSSR count). The molecule has 4 heteroatoms. The van der Waals surface area contributed by atoms with Crippen molar-refractivity contribution in [3.05, 3.63) is 63.9 Å². The molecule has 1 amide bonds. The molecular formula is C15H13BrFNO. The fourth-order valence-corrected chi connectivity index (χ4v) is 2.09. The summed E-state index contributed by atoms with van der Waals surface area (Å²) in [5.74, 6) is -0.600. The number of carbonyl (C=O) groups is 1. The maximum atomic E-state index is 13.4. The molecule has 98 valence electrons. The molecule has 0 radical (unpaired) electrons. The second-order valence-corrected chi connectivity index (χ2v) is 5.15. The van der Waals surface area contributed by atoms with E-state index < -0.39 is 0 Å². The predicted octanol–water partition coefficient (Wildman–Crippen LogP) is 4.08. The molecule has 0 aliphatic rings. The van der Waals surface area contributed by atoms with Crippen LogP contribution in [0, 0.1) is 12.7 Å². The summed E-state index contributed by atoms with van der Waals surface area (Å²) < 4.78 is 14.2. The first-order valence-corrected chi connectivity index (χ1v) is 6.65. The molecule has 0 atom stereocenters. The van der Waals surface area contributed by atoms with Crippen LogP contribution in [0.2, 0.25) is 0 Å². The minimum Gasteiger partial charge on any atom is -0.325 e. The van der Waals surface area contributed by atoms with Crippen LogP contribution in [0.4, 0.5) is 10.1 Å². The highest BCUT2D eigenvalue weighted by molar-refractivity contribution is 9.10. The van der Waals surface area contributed by atoms with Crippen molar-refractivity contribution in [1.29, 1.82) is 0 Å². The minimum absolute atomic E-state index is 0.0209. The summed E-state index contributed by atoms with van der Waals surface area (Å²) >= 11 is 3.37. The van der Waals surface area contributed by atoms with Gasteiger partial charge in [-0.05, 0) is 52.2 Å². The van der Waals surface area contributed by atoms with E-state index in [1.165, 1.54) is 6.07 Å². The van der Waals surface area contributed by atoms with Gasteiger partial charge in [0.15, 0.2) is 0 Å². The van der Waals surface area contributed by atoms with Gasteiger partial charge < -0.3 is 5.32 Å². The van der Waals surface area contributed by atoms with Crippen LogP contribution >= 0.6 is 15.9 Å². The molecule has 0 fully saturated rings. The van der Waals surface area contributed by atoms with Crippen LogP contribution in [0.25, 0.3) is 0 Å². The Morgan fingerprint density at radius 2 is 2.00 bits per heavy atom. The van der Waals surface area contributed by atoms with E-state index in [1.54, 1.807) is 18.2 Å². The Kier molecular flexibility index (Phi) is 4.32. The van der Waals surface area contributed by atoms with Crippen molar-refractivity contribution in [2.75, 3.05) is 5.32 Å². The second kappa shape index (κ2) is 5.97. The SMILES string of the molecule is Cc1ccc(Br)c(NC(=O)Cc2ccccc2F)c1. The highest BCUT2D eigenvalue weighted by Gasteiger charge is 2.09. The fraction of sp³-hybridized carbons (Fsp3) is 0.133. The number of anilines is 1. The van der Waals surface area contributed by atoms with Crippen molar-refractivity contribution in [1.82, 2.24) is 0 Å². The lowest BCUT2D eigenvalue weighted by atomic mass is 10.1. The Bertz CT molecular complexity index is 613. The summed E-state index contributed by atoms with van der Waals surface area (Å²) in [5.41, 5.74) is 2.13. The zero-order valence-electron chi connectivity index (χ0n) is 10.4. The number of rotatable bonds is 3. The van der Waals surface area contributed by atoms with Crippen molar-refractivity contribution in [2.45, 2.75) is 13.3 Å². The van der Waals surface area contributed by atoms with Gasteiger partial charge in [0.1, 0.15) is 5.82 Å². The number of nitrogens with one attached hydrogen (secondary N) is 1. The zero-order valence-corrected chi connectivity index (χ0v) is 12.0. The Morgan fingerprint density at radius 3 is 2.74 bits per heavy atom. The number of halogens is 2. The van der Waals surface area contributed by atoms with E-state index in [0.717, 1.165) is 10.0 Å². The van der Waals surface area contributed by atoms with Crippen LogP contribution in [-0.4, -0.2) is 5.91 Å². The quantitative estimate of drug-likeness (QED) is 0.906. The van der Waals surface area contributed by atoms with Crippen LogP contribution in [0.1, 0.15) is 11.1 Å². The summed E-state index contributed by atoms with van der Waals surface area (Å²) in [5, 5.41) is 2.77. The van der Waals surface area contributed by atoms with Gasteiger partial charge >= 0.3 is 0 Å².